The molecule has 0 bridgehead atoms. The summed E-state index contributed by atoms with van der Waals surface area (Å²) in [4.78, 5) is 42.9. The fourth-order valence-corrected chi connectivity index (χ4v) is 7.52. The van der Waals surface area contributed by atoms with Crippen LogP contribution < -0.4 is 15.4 Å². The molecule has 0 unspecified atom stereocenters. The Bertz CT molecular complexity index is 1670. The molecule has 0 atom stereocenters. The van der Waals surface area contributed by atoms with Gasteiger partial charge in [0.15, 0.2) is 0 Å². The number of aliphatic hydroxyl groups excluding tert-OH is 1. The van der Waals surface area contributed by atoms with Crippen LogP contribution in [0.5, 0.6) is 5.75 Å². The van der Waals surface area contributed by atoms with Crippen LogP contribution in [-0.2, 0) is 22.4 Å². The van der Waals surface area contributed by atoms with Crippen LogP contribution in [0.25, 0.3) is 0 Å². The monoisotopic (exact) mass is 649 g/mol. The van der Waals surface area contributed by atoms with Crippen molar-refractivity contribution in [2.24, 2.45) is 0 Å². The number of ether oxygens (including phenoxy) is 1. The number of alkyl halides is 3. The number of hydrogen-bond acceptors (Lipinski definition) is 8. The zero-order valence-corrected chi connectivity index (χ0v) is 26.0. The lowest BCUT2D eigenvalue weighted by Gasteiger charge is -2.33. The Kier molecular flexibility index (Phi) is 8.64. The van der Waals surface area contributed by atoms with Crippen LogP contribution in [0.15, 0.2) is 36.5 Å². The summed E-state index contributed by atoms with van der Waals surface area (Å²) in [6.07, 6.45) is -3.18. The van der Waals surface area contributed by atoms with E-state index >= 15 is 0 Å². The number of nitrogens with one attached hydrogen (secondary N) is 2. The molecule has 1 fully saturated rings. The Labute approximate surface area is 258 Å². The van der Waals surface area contributed by atoms with Gasteiger partial charge in [0.25, 0.3) is 5.91 Å². The van der Waals surface area contributed by atoms with E-state index in [0.29, 0.717) is 36.7 Å². The number of carbonyl (C=O) groups is 1. The summed E-state index contributed by atoms with van der Waals surface area (Å²) < 4.78 is 60.2. The Morgan fingerprint density at radius 1 is 1.09 bits per heavy atom. The highest BCUT2D eigenvalue weighted by atomic mass is 31.2. The molecule has 15 heteroatoms. The van der Waals surface area contributed by atoms with Gasteiger partial charge in [-0.1, -0.05) is 26.0 Å². The number of methoxy groups -OCH3 is 1. The first-order chi connectivity index (χ1) is 21.1. The molecular weight excluding hydrogens is 614 g/mol. The average Bonchev–Trinajstić information content (AvgIpc) is 3.26. The number of nitrogens with zero attached hydrogens (tertiary/aromatic N) is 3. The average molecular weight is 650 g/mol. The molecule has 0 radical (unpaired) electrons. The Morgan fingerprint density at radius 3 is 2.33 bits per heavy atom. The summed E-state index contributed by atoms with van der Waals surface area (Å²) in [6.45, 7) is 3.65. The van der Waals surface area contributed by atoms with Crippen molar-refractivity contribution in [2.75, 3.05) is 24.8 Å². The van der Waals surface area contributed by atoms with Crippen molar-refractivity contribution in [1.29, 1.82) is 0 Å². The third-order valence-electron chi connectivity index (χ3n) is 8.92. The number of aliphatic hydroxyl groups is 1. The first-order valence-electron chi connectivity index (χ1n) is 14.4. The van der Waals surface area contributed by atoms with Crippen LogP contribution in [0.3, 0.4) is 0 Å². The topological polar surface area (TPSA) is 157 Å². The number of amides is 1. The summed E-state index contributed by atoms with van der Waals surface area (Å²) in [5.74, 6) is -0.905. The SMILES string of the molecule is CCC(CC)(c1ccc(Nc2ncc(C(F)(F)F)c(Nc3ccc(C4CC(O)C4)c4c3C(=O)N(C)C4)n2)c(OC)c1)P(=O)(O)O. The van der Waals surface area contributed by atoms with Crippen molar-refractivity contribution in [1.82, 2.24) is 14.9 Å². The lowest BCUT2D eigenvalue weighted by Crippen LogP contribution is -2.27. The van der Waals surface area contributed by atoms with E-state index in [0.717, 1.165) is 5.56 Å². The molecule has 5 rings (SSSR count). The second kappa shape index (κ2) is 11.9. The Balaban J connectivity index is 1.52. The number of anilines is 4. The van der Waals surface area contributed by atoms with Gasteiger partial charge in [0, 0.05) is 19.8 Å². The van der Waals surface area contributed by atoms with Crippen LogP contribution in [0, 0.1) is 0 Å². The molecule has 11 nitrogen and oxygen atoms in total. The molecule has 1 amide bonds. The normalized spacial score (nSPS) is 18.4. The predicted octanol–water partition coefficient (Wildman–Crippen LogP) is 6.01. The number of benzene rings is 2. The quantitative estimate of drug-likeness (QED) is 0.165. The Morgan fingerprint density at radius 2 is 1.76 bits per heavy atom. The second-order valence-corrected chi connectivity index (χ2v) is 13.4. The van der Waals surface area contributed by atoms with Crippen molar-refractivity contribution < 1.29 is 42.2 Å². The van der Waals surface area contributed by atoms with Crippen LogP contribution in [-0.4, -0.2) is 55.9 Å². The number of hydrogen-bond donors (Lipinski definition) is 5. The fraction of sp³-hybridized carbons (Fsp3) is 0.433. The highest BCUT2D eigenvalue weighted by Crippen LogP contribution is 2.61. The Hall–Kier alpha value is -3.71. The molecule has 1 saturated carbocycles. The van der Waals surface area contributed by atoms with Crippen molar-refractivity contribution in [3.63, 3.8) is 0 Å². The maximum atomic E-state index is 14.1. The van der Waals surface area contributed by atoms with Crippen molar-refractivity contribution in [2.45, 2.75) is 69.4 Å². The van der Waals surface area contributed by atoms with Gasteiger partial charge in [-0.2, -0.15) is 18.2 Å². The molecule has 5 N–H and O–H groups in total. The molecule has 1 aliphatic carbocycles. The number of halogens is 3. The highest BCUT2D eigenvalue weighted by Gasteiger charge is 2.46. The van der Waals surface area contributed by atoms with E-state index in [1.54, 1.807) is 33.0 Å². The van der Waals surface area contributed by atoms with Crippen molar-refractivity contribution in [3.8, 4) is 5.75 Å². The molecule has 0 spiro atoms. The largest absolute Gasteiger partial charge is 0.495 e. The van der Waals surface area contributed by atoms with Gasteiger partial charge in [-0.15, -0.1) is 0 Å². The van der Waals surface area contributed by atoms with E-state index in [2.05, 4.69) is 20.6 Å². The smallest absolute Gasteiger partial charge is 0.421 e. The molecule has 1 aromatic heterocycles. The van der Waals surface area contributed by atoms with E-state index in [1.165, 1.54) is 30.2 Å². The zero-order chi connectivity index (χ0) is 32.9. The second-order valence-electron chi connectivity index (χ2n) is 11.4. The molecule has 1 aliphatic heterocycles. The lowest BCUT2D eigenvalue weighted by molar-refractivity contribution is -0.137. The third kappa shape index (κ3) is 5.87. The first kappa shape index (κ1) is 32.7. The minimum absolute atomic E-state index is 0.0607. The zero-order valence-electron chi connectivity index (χ0n) is 25.1. The fourth-order valence-electron chi connectivity index (χ4n) is 6.22. The molecule has 0 saturated heterocycles. The maximum absolute atomic E-state index is 14.1. The van der Waals surface area contributed by atoms with Gasteiger partial charge in [0.1, 0.15) is 17.1 Å². The van der Waals surface area contributed by atoms with E-state index < -0.39 is 36.4 Å². The van der Waals surface area contributed by atoms with Crippen molar-refractivity contribution >= 4 is 36.6 Å². The van der Waals surface area contributed by atoms with E-state index in [9.17, 15) is 37.4 Å². The van der Waals surface area contributed by atoms with Gasteiger partial charge >= 0.3 is 13.8 Å². The van der Waals surface area contributed by atoms with E-state index in [-0.39, 0.29) is 53.3 Å². The number of aromatic nitrogens is 2. The van der Waals surface area contributed by atoms with Gasteiger partial charge in [-0.05, 0) is 66.5 Å². The summed E-state index contributed by atoms with van der Waals surface area (Å²) in [5, 5.41) is 13.9. The molecular formula is C30H35F3N5O6P. The van der Waals surface area contributed by atoms with Gasteiger partial charge in [0.05, 0.1) is 35.3 Å². The van der Waals surface area contributed by atoms with Gasteiger partial charge in [-0.3, -0.25) is 9.36 Å². The molecule has 45 heavy (non-hydrogen) atoms. The van der Waals surface area contributed by atoms with Crippen LogP contribution in [0.4, 0.5) is 36.3 Å². The molecule has 2 aromatic carbocycles. The minimum Gasteiger partial charge on any atom is -0.495 e. The highest BCUT2D eigenvalue weighted by molar-refractivity contribution is 7.53. The van der Waals surface area contributed by atoms with Crippen LogP contribution in [0.1, 0.15) is 78.1 Å². The van der Waals surface area contributed by atoms with E-state index in [1.807, 2.05) is 0 Å². The van der Waals surface area contributed by atoms with Gasteiger partial charge in [-0.25, -0.2) is 4.98 Å². The lowest BCUT2D eigenvalue weighted by atomic mass is 9.75. The molecule has 3 aromatic rings. The van der Waals surface area contributed by atoms with Crippen LogP contribution >= 0.6 is 7.60 Å². The molecule has 2 heterocycles. The number of rotatable bonds is 10. The third-order valence-corrected chi connectivity index (χ3v) is 10.9. The van der Waals surface area contributed by atoms with E-state index in [4.69, 9.17) is 4.74 Å². The van der Waals surface area contributed by atoms with Crippen molar-refractivity contribution in [3.05, 3.63) is 64.3 Å². The number of fused-ring (bicyclic) bond motifs is 1. The summed E-state index contributed by atoms with van der Waals surface area (Å²) in [5.41, 5.74) is 1.48. The molecule has 2 aliphatic rings. The maximum Gasteiger partial charge on any atom is 0.421 e. The number of carbonyl (C=O) groups excluding carboxylic acids is 1. The molecule has 242 valence electrons. The predicted molar refractivity (Wildman–Crippen MR) is 161 cm³/mol. The van der Waals surface area contributed by atoms with Gasteiger partial charge in [0.2, 0.25) is 5.95 Å². The summed E-state index contributed by atoms with van der Waals surface area (Å²) in [6, 6.07) is 7.83. The van der Waals surface area contributed by atoms with Crippen LogP contribution in [0.2, 0.25) is 0 Å². The summed E-state index contributed by atoms with van der Waals surface area (Å²) in [7, 11) is -1.61. The summed E-state index contributed by atoms with van der Waals surface area (Å²) >= 11 is 0. The first-order valence-corrected chi connectivity index (χ1v) is 16.1. The standard InChI is InChI=1S/C30H35F3N5O6P/c1-5-29(6-2,45(41,42)43)17-7-9-22(24(13-17)44-4)36-28-34-14-21(30(31,32)33)26(37-28)35-23-10-8-19(16-11-18(39)12-16)20-15-38(3)27(40)25(20)23/h7-10,13-14,16,18,39H,5-6,11-12,15H2,1-4H3,(H2,41,42,43)(H2,34,35,36,37). The minimum atomic E-state index is -4.82. The van der Waals surface area contributed by atoms with Gasteiger partial charge < -0.3 is 35.2 Å².